The molecule has 0 saturated heterocycles. The molecule has 2 aromatic carbocycles. The number of aromatic carboxylic acids is 1. The molecule has 0 spiro atoms. The van der Waals surface area contributed by atoms with Gasteiger partial charge < -0.3 is 9.84 Å². The summed E-state index contributed by atoms with van der Waals surface area (Å²) in [7, 11) is 0. The Hall–Kier alpha value is -2.36. The maximum Gasteiger partial charge on any atom is 0.339 e. The number of benzene rings is 2. The predicted octanol–water partition coefficient (Wildman–Crippen LogP) is 3.41. The van der Waals surface area contributed by atoms with Crippen molar-refractivity contribution in [1.82, 2.24) is 0 Å². The molecule has 98 valence electrons. The quantitative estimate of drug-likeness (QED) is 0.916. The topological polar surface area (TPSA) is 46.5 Å². The van der Waals surface area contributed by atoms with Crippen molar-refractivity contribution in [1.29, 1.82) is 0 Å². The molecule has 0 atom stereocenters. The third-order valence-electron chi connectivity index (χ3n) is 2.81. The highest BCUT2D eigenvalue weighted by Crippen LogP contribution is 2.20. The number of rotatable bonds is 4. The fraction of sp³-hybridized carbons (Fsp3) is 0.133. The van der Waals surface area contributed by atoms with E-state index in [4.69, 9.17) is 9.84 Å². The minimum atomic E-state index is -1.04. The highest BCUT2D eigenvalue weighted by molar-refractivity contribution is 5.90. The third kappa shape index (κ3) is 3.10. The van der Waals surface area contributed by atoms with Gasteiger partial charge in [-0.25, -0.2) is 9.18 Å². The Bertz CT molecular complexity index is 608. The van der Waals surface area contributed by atoms with Crippen LogP contribution in [0, 0.1) is 12.7 Å². The summed E-state index contributed by atoms with van der Waals surface area (Å²) in [5, 5.41) is 9.02. The molecule has 0 bridgehead atoms. The molecule has 2 rings (SSSR count). The molecular formula is C15H13FO3. The van der Waals surface area contributed by atoms with E-state index in [9.17, 15) is 9.18 Å². The Morgan fingerprint density at radius 3 is 2.68 bits per heavy atom. The molecule has 0 heterocycles. The minimum absolute atomic E-state index is 0.113. The van der Waals surface area contributed by atoms with Gasteiger partial charge in [0.15, 0.2) is 0 Å². The van der Waals surface area contributed by atoms with Crippen LogP contribution in [0.15, 0.2) is 42.5 Å². The SMILES string of the molecule is Cc1cc(F)ccc1COc1ccccc1C(=O)O. The Morgan fingerprint density at radius 1 is 1.26 bits per heavy atom. The van der Waals surface area contributed by atoms with Gasteiger partial charge in [0.1, 0.15) is 23.7 Å². The molecule has 2 aromatic rings. The zero-order valence-corrected chi connectivity index (χ0v) is 10.4. The van der Waals surface area contributed by atoms with Crippen LogP contribution in [0.3, 0.4) is 0 Å². The molecule has 0 aliphatic heterocycles. The van der Waals surface area contributed by atoms with Gasteiger partial charge in [0.05, 0.1) is 0 Å². The van der Waals surface area contributed by atoms with E-state index in [1.165, 1.54) is 18.2 Å². The zero-order valence-electron chi connectivity index (χ0n) is 10.4. The lowest BCUT2D eigenvalue weighted by Gasteiger charge is -2.10. The minimum Gasteiger partial charge on any atom is -0.488 e. The number of carboxylic acids is 1. The van der Waals surface area contributed by atoms with Gasteiger partial charge in [0.25, 0.3) is 0 Å². The second-order valence-electron chi connectivity index (χ2n) is 4.16. The van der Waals surface area contributed by atoms with Gasteiger partial charge in [0.2, 0.25) is 0 Å². The Labute approximate surface area is 110 Å². The summed E-state index contributed by atoms with van der Waals surface area (Å²) < 4.78 is 18.5. The second-order valence-corrected chi connectivity index (χ2v) is 4.16. The smallest absolute Gasteiger partial charge is 0.339 e. The van der Waals surface area contributed by atoms with E-state index in [2.05, 4.69) is 0 Å². The molecule has 0 fully saturated rings. The first-order chi connectivity index (χ1) is 9.08. The first-order valence-electron chi connectivity index (χ1n) is 5.78. The number of para-hydroxylation sites is 1. The molecule has 0 saturated carbocycles. The molecule has 0 aliphatic rings. The number of ether oxygens (including phenoxy) is 1. The van der Waals surface area contributed by atoms with Gasteiger partial charge in [-0.1, -0.05) is 18.2 Å². The zero-order chi connectivity index (χ0) is 13.8. The highest BCUT2D eigenvalue weighted by atomic mass is 19.1. The summed E-state index contributed by atoms with van der Waals surface area (Å²) in [5.74, 6) is -1.03. The van der Waals surface area contributed by atoms with Gasteiger partial charge in [-0.05, 0) is 42.3 Å². The third-order valence-corrected chi connectivity index (χ3v) is 2.81. The summed E-state index contributed by atoms with van der Waals surface area (Å²) >= 11 is 0. The molecule has 19 heavy (non-hydrogen) atoms. The van der Waals surface area contributed by atoms with Crippen LogP contribution in [0.4, 0.5) is 4.39 Å². The van der Waals surface area contributed by atoms with Crippen LogP contribution >= 0.6 is 0 Å². The summed E-state index contributed by atoms with van der Waals surface area (Å²) in [6.45, 7) is 1.99. The van der Waals surface area contributed by atoms with Crippen LogP contribution in [0.25, 0.3) is 0 Å². The number of hydrogen-bond donors (Lipinski definition) is 1. The number of halogens is 1. The fourth-order valence-electron chi connectivity index (χ4n) is 1.75. The Balaban J connectivity index is 2.17. The standard InChI is InChI=1S/C15H13FO3/c1-10-8-12(16)7-6-11(10)9-19-14-5-3-2-4-13(14)15(17)18/h2-8H,9H2,1H3,(H,17,18). The Kier molecular flexibility index (Phi) is 3.80. The van der Waals surface area contributed by atoms with Gasteiger partial charge in [-0.2, -0.15) is 0 Å². The van der Waals surface area contributed by atoms with E-state index in [0.717, 1.165) is 11.1 Å². The summed E-state index contributed by atoms with van der Waals surface area (Å²) in [5.41, 5.74) is 1.71. The largest absolute Gasteiger partial charge is 0.488 e. The van der Waals surface area contributed by atoms with Gasteiger partial charge in [-0.15, -0.1) is 0 Å². The maximum atomic E-state index is 13.0. The lowest BCUT2D eigenvalue weighted by atomic mass is 10.1. The maximum absolute atomic E-state index is 13.0. The lowest BCUT2D eigenvalue weighted by molar-refractivity contribution is 0.0692. The second kappa shape index (κ2) is 5.52. The van der Waals surface area contributed by atoms with Crippen molar-refractivity contribution < 1.29 is 19.0 Å². The average Bonchev–Trinajstić information content (AvgIpc) is 2.38. The van der Waals surface area contributed by atoms with Crippen LogP contribution in [0.1, 0.15) is 21.5 Å². The molecule has 0 aliphatic carbocycles. The van der Waals surface area contributed by atoms with Gasteiger partial charge in [-0.3, -0.25) is 0 Å². The number of carbonyl (C=O) groups is 1. The van der Waals surface area contributed by atoms with Crippen molar-refractivity contribution in [3.05, 3.63) is 65.0 Å². The van der Waals surface area contributed by atoms with Crippen LogP contribution in [-0.4, -0.2) is 11.1 Å². The van der Waals surface area contributed by atoms with Crippen LogP contribution in [0.5, 0.6) is 5.75 Å². The van der Waals surface area contributed by atoms with Gasteiger partial charge >= 0.3 is 5.97 Å². The van der Waals surface area contributed by atoms with Crippen molar-refractivity contribution >= 4 is 5.97 Å². The van der Waals surface area contributed by atoms with Crippen LogP contribution < -0.4 is 4.74 Å². The molecule has 4 heteroatoms. The fourth-order valence-corrected chi connectivity index (χ4v) is 1.75. The van der Waals surface area contributed by atoms with E-state index in [-0.39, 0.29) is 18.0 Å². The van der Waals surface area contributed by atoms with Crippen molar-refractivity contribution in [2.75, 3.05) is 0 Å². The summed E-state index contributed by atoms with van der Waals surface area (Å²) in [4.78, 5) is 11.0. The number of aryl methyl sites for hydroxylation is 1. The van der Waals surface area contributed by atoms with Crippen molar-refractivity contribution in [2.45, 2.75) is 13.5 Å². The molecule has 0 unspecified atom stereocenters. The average molecular weight is 260 g/mol. The van der Waals surface area contributed by atoms with E-state index in [1.54, 1.807) is 31.2 Å². The molecular weight excluding hydrogens is 247 g/mol. The number of carboxylic acid groups (broad SMARTS) is 1. The van der Waals surface area contributed by atoms with Crippen LogP contribution in [0.2, 0.25) is 0 Å². The van der Waals surface area contributed by atoms with E-state index >= 15 is 0 Å². The molecule has 1 N–H and O–H groups in total. The van der Waals surface area contributed by atoms with Crippen molar-refractivity contribution in [2.24, 2.45) is 0 Å². The van der Waals surface area contributed by atoms with E-state index < -0.39 is 5.97 Å². The van der Waals surface area contributed by atoms with Crippen molar-refractivity contribution in [3.8, 4) is 5.75 Å². The molecule has 3 nitrogen and oxygen atoms in total. The molecule has 0 aromatic heterocycles. The van der Waals surface area contributed by atoms with Crippen LogP contribution in [-0.2, 0) is 6.61 Å². The van der Waals surface area contributed by atoms with E-state index in [0.29, 0.717) is 5.75 Å². The molecule has 0 amide bonds. The molecule has 0 radical (unpaired) electrons. The summed E-state index contributed by atoms with van der Waals surface area (Å²) in [6, 6.07) is 10.8. The first kappa shape index (κ1) is 13.1. The Morgan fingerprint density at radius 2 is 2.00 bits per heavy atom. The van der Waals surface area contributed by atoms with E-state index in [1.807, 2.05) is 0 Å². The predicted molar refractivity (Wildman–Crippen MR) is 68.9 cm³/mol. The van der Waals surface area contributed by atoms with Crippen molar-refractivity contribution in [3.63, 3.8) is 0 Å². The monoisotopic (exact) mass is 260 g/mol. The summed E-state index contributed by atoms with van der Waals surface area (Å²) in [6.07, 6.45) is 0. The lowest BCUT2D eigenvalue weighted by Crippen LogP contribution is -2.04. The highest BCUT2D eigenvalue weighted by Gasteiger charge is 2.10. The number of hydrogen-bond acceptors (Lipinski definition) is 2. The normalized spacial score (nSPS) is 10.2. The first-order valence-corrected chi connectivity index (χ1v) is 5.78. The van der Waals surface area contributed by atoms with Gasteiger partial charge in [0, 0.05) is 0 Å².